The van der Waals surface area contributed by atoms with Crippen molar-refractivity contribution < 1.29 is 0 Å². The smallest absolute Gasteiger partial charge is 0.0430 e. The maximum absolute atomic E-state index is 6.35. The molecule has 0 aliphatic heterocycles. The number of hydrogen-bond donors (Lipinski definition) is 1. The van der Waals surface area contributed by atoms with Gasteiger partial charge in [0, 0.05) is 10.0 Å². The molecule has 1 atom stereocenters. The zero-order valence-electron chi connectivity index (χ0n) is 9.26. The average molecular weight is 256 g/mol. The molecule has 1 aromatic carbocycles. The summed E-state index contributed by atoms with van der Waals surface area (Å²) in [5.41, 5.74) is 7.28. The molecular formula is C12H18BrN. The zero-order chi connectivity index (χ0) is 11.0. The molecule has 1 aromatic rings. The van der Waals surface area contributed by atoms with Gasteiger partial charge in [0.2, 0.25) is 0 Å². The highest BCUT2D eigenvalue weighted by molar-refractivity contribution is 9.10. The number of halogens is 1. The van der Waals surface area contributed by atoms with Crippen molar-refractivity contribution in [2.45, 2.75) is 33.2 Å². The maximum Gasteiger partial charge on any atom is 0.0430 e. The second kappa shape index (κ2) is 3.67. The van der Waals surface area contributed by atoms with Crippen LogP contribution in [0.2, 0.25) is 0 Å². The van der Waals surface area contributed by atoms with Crippen molar-refractivity contribution in [2.75, 3.05) is 0 Å². The van der Waals surface area contributed by atoms with Crippen LogP contribution in [0.1, 0.15) is 33.3 Å². The molecule has 2 N–H and O–H groups in total. The Morgan fingerprint density at radius 1 is 1.00 bits per heavy atom. The third-order valence-electron chi connectivity index (χ3n) is 3.00. The molecule has 78 valence electrons. The molecule has 0 fully saturated rings. The van der Waals surface area contributed by atoms with E-state index in [9.17, 15) is 0 Å². The first-order valence-corrected chi connectivity index (χ1v) is 5.59. The molecule has 0 radical (unpaired) electrons. The quantitative estimate of drug-likeness (QED) is 0.815. The third kappa shape index (κ3) is 2.18. The van der Waals surface area contributed by atoms with Crippen molar-refractivity contribution in [3.05, 3.63) is 34.3 Å². The minimum absolute atomic E-state index is 0.0564. The Balaban J connectivity index is 3.10. The summed E-state index contributed by atoms with van der Waals surface area (Å²) >= 11 is 3.42. The fraction of sp³-hybridized carbons (Fsp3) is 0.500. The SMILES string of the molecule is CC(C)(C)C(C)(N)c1ccc(Br)cc1. The molecule has 0 saturated carbocycles. The molecule has 0 aliphatic rings. The molecule has 0 saturated heterocycles. The fourth-order valence-corrected chi connectivity index (χ4v) is 1.49. The highest BCUT2D eigenvalue weighted by Crippen LogP contribution is 2.36. The monoisotopic (exact) mass is 255 g/mol. The summed E-state index contributed by atoms with van der Waals surface area (Å²) in [6.07, 6.45) is 0. The Bertz CT molecular complexity index is 306. The summed E-state index contributed by atoms with van der Waals surface area (Å²) < 4.78 is 1.09. The molecule has 0 heterocycles. The van der Waals surface area contributed by atoms with Crippen LogP contribution in [0.4, 0.5) is 0 Å². The molecule has 14 heavy (non-hydrogen) atoms. The van der Waals surface area contributed by atoms with Crippen LogP contribution in [-0.2, 0) is 5.54 Å². The van der Waals surface area contributed by atoms with Crippen LogP contribution < -0.4 is 5.73 Å². The number of rotatable bonds is 1. The van der Waals surface area contributed by atoms with E-state index in [1.165, 1.54) is 5.56 Å². The van der Waals surface area contributed by atoms with E-state index in [-0.39, 0.29) is 11.0 Å². The number of hydrogen-bond acceptors (Lipinski definition) is 1. The topological polar surface area (TPSA) is 26.0 Å². The largest absolute Gasteiger partial charge is 0.321 e. The fourth-order valence-electron chi connectivity index (χ4n) is 1.23. The van der Waals surface area contributed by atoms with Gasteiger partial charge in [-0.15, -0.1) is 0 Å². The van der Waals surface area contributed by atoms with E-state index in [4.69, 9.17) is 5.73 Å². The Hall–Kier alpha value is -0.340. The van der Waals surface area contributed by atoms with E-state index in [2.05, 4.69) is 55.8 Å². The van der Waals surface area contributed by atoms with Crippen LogP contribution in [0.15, 0.2) is 28.7 Å². The molecule has 0 aliphatic carbocycles. The molecule has 2 heteroatoms. The van der Waals surface area contributed by atoms with Crippen molar-refractivity contribution in [1.29, 1.82) is 0 Å². The minimum atomic E-state index is -0.298. The lowest BCUT2D eigenvalue weighted by atomic mass is 9.71. The van der Waals surface area contributed by atoms with Gasteiger partial charge in [-0.05, 0) is 30.0 Å². The van der Waals surface area contributed by atoms with Crippen LogP contribution in [0, 0.1) is 5.41 Å². The third-order valence-corrected chi connectivity index (χ3v) is 3.53. The van der Waals surface area contributed by atoms with Gasteiger partial charge >= 0.3 is 0 Å². The highest BCUT2D eigenvalue weighted by Gasteiger charge is 2.34. The van der Waals surface area contributed by atoms with E-state index in [0.717, 1.165) is 4.47 Å². The summed E-state index contributed by atoms with van der Waals surface area (Å²) in [4.78, 5) is 0. The second-order valence-corrected chi connectivity index (χ2v) is 5.87. The summed E-state index contributed by atoms with van der Waals surface area (Å²) in [6.45, 7) is 8.56. The normalized spacial score (nSPS) is 16.4. The van der Waals surface area contributed by atoms with Crippen molar-refractivity contribution in [1.82, 2.24) is 0 Å². The molecule has 1 rings (SSSR count). The van der Waals surface area contributed by atoms with Gasteiger partial charge < -0.3 is 5.73 Å². The van der Waals surface area contributed by atoms with Gasteiger partial charge in [0.05, 0.1) is 0 Å². The summed E-state index contributed by atoms with van der Waals surface area (Å²) in [6, 6.07) is 8.23. The van der Waals surface area contributed by atoms with Crippen molar-refractivity contribution >= 4 is 15.9 Å². The number of benzene rings is 1. The van der Waals surface area contributed by atoms with E-state index < -0.39 is 0 Å². The van der Waals surface area contributed by atoms with Crippen LogP contribution in [0.25, 0.3) is 0 Å². The second-order valence-electron chi connectivity index (χ2n) is 4.96. The lowest BCUT2D eigenvalue weighted by Gasteiger charge is -2.39. The summed E-state index contributed by atoms with van der Waals surface area (Å²) in [5, 5.41) is 0. The lowest BCUT2D eigenvalue weighted by molar-refractivity contribution is 0.210. The van der Waals surface area contributed by atoms with Gasteiger partial charge in [0.1, 0.15) is 0 Å². The lowest BCUT2D eigenvalue weighted by Crippen LogP contribution is -2.45. The van der Waals surface area contributed by atoms with E-state index in [1.54, 1.807) is 0 Å². The first kappa shape index (κ1) is 11.7. The van der Waals surface area contributed by atoms with Crippen LogP contribution >= 0.6 is 15.9 Å². The molecule has 0 spiro atoms. The predicted molar refractivity (Wildman–Crippen MR) is 65.1 cm³/mol. The van der Waals surface area contributed by atoms with Crippen LogP contribution in [-0.4, -0.2) is 0 Å². The summed E-state index contributed by atoms with van der Waals surface area (Å²) in [5.74, 6) is 0. The van der Waals surface area contributed by atoms with E-state index in [0.29, 0.717) is 0 Å². The standard InChI is InChI=1S/C12H18BrN/c1-11(2,3)12(4,14)9-5-7-10(13)8-6-9/h5-8H,14H2,1-4H3. The highest BCUT2D eigenvalue weighted by atomic mass is 79.9. The van der Waals surface area contributed by atoms with Gasteiger partial charge in [0.15, 0.2) is 0 Å². The van der Waals surface area contributed by atoms with Gasteiger partial charge in [0.25, 0.3) is 0 Å². The van der Waals surface area contributed by atoms with Gasteiger partial charge in [-0.2, -0.15) is 0 Å². The Morgan fingerprint density at radius 2 is 1.43 bits per heavy atom. The van der Waals surface area contributed by atoms with E-state index >= 15 is 0 Å². The zero-order valence-corrected chi connectivity index (χ0v) is 10.9. The molecule has 0 amide bonds. The van der Waals surface area contributed by atoms with Gasteiger partial charge in [-0.1, -0.05) is 48.8 Å². The van der Waals surface area contributed by atoms with Crippen LogP contribution in [0.3, 0.4) is 0 Å². The molecule has 1 nitrogen and oxygen atoms in total. The van der Waals surface area contributed by atoms with Crippen molar-refractivity contribution in [3.8, 4) is 0 Å². The van der Waals surface area contributed by atoms with Gasteiger partial charge in [-0.25, -0.2) is 0 Å². The molecule has 1 unspecified atom stereocenters. The molecule has 0 bridgehead atoms. The predicted octanol–water partition coefficient (Wildman–Crippen LogP) is 3.67. The van der Waals surface area contributed by atoms with Crippen molar-refractivity contribution in [3.63, 3.8) is 0 Å². The number of nitrogens with two attached hydrogens (primary N) is 1. The van der Waals surface area contributed by atoms with Crippen molar-refractivity contribution in [2.24, 2.45) is 11.1 Å². The van der Waals surface area contributed by atoms with E-state index in [1.807, 2.05) is 12.1 Å². The Labute approximate surface area is 94.8 Å². The maximum atomic E-state index is 6.35. The molecular weight excluding hydrogens is 238 g/mol. The Morgan fingerprint density at radius 3 is 1.79 bits per heavy atom. The first-order chi connectivity index (χ1) is 6.25. The Kier molecular flexibility index (Phi) is 3.07. The molecule has 0 aromatic heterocycles. The summed E-state index contributed by atoms with van der Waals surface area (Å²) in [7, 11) is 0. The van der Waals surface area contributed by atoms with Gasteiger partial charge in [-0.3, -0.25) is 0 Å². The minimum Gasteiger partial charge on any atom is -0.321 e. The average Bonchev–Trinajstić information content (AvgIpc) is 2.03. The first-order valence-electron chi connectivity index (χ1n) is 4.80. The van der Waals surface area contributed by atoms with Crippen LogP contribution in [0.5, 0.6) is 0 Å².